The fourth-order valence-electron chi connectivity index (χ4n) is 3.04. The van der Waals surface area contributed by atoms with E-state index in [2.05, 4.69) is 10.6 Å². The van der Waals surface area contributed by atoms with E-state index in [0.29, 0.717) is 18.0 Å². The molecule has 160 valence electrons. The quantitative estimate of drug-likeness (QED) is 0.345. The summed E-state index contributed by atoms with van der Waals surface area (Å²) in [4.78, 5) is 12.2. The molecule has 0 bridgehead atoms. The van der Waals surface area contributed by atoms with Crippen LogP contribution in [0.2, 0.25) is 0 Å². The van der Waals surface area contributed by atoms with Gasteiger partial charge in [0.15, 0.2) is 6.61 Å². The van der Waals surface area contributed by atoms with Crippen molar-refractivity contribution in [2.24, 2.45) is 0 Å². The average molecular weight is 425 g/mol. The van der Waals surface area contributed by atoms with Crippen molar-refractivity contribution < 1.29 is 14.3 Å². The molecule has 0 heterocycles. The van der Waals surface area contributed by atoms with E-state index in [1.807, 2.05) is 97.1 Å². The minimum absolute atomic E-state index is 0.0752. The van der Waals surface area contributed by atoms with Gasteiger partial charge in [-0.25, -0.2) is 0 Å². The number of amides is 1. The third kappa shape index (κ3) is 6.37. The Morgan fingerprint density at radius 3 is 1.78 bits per heavy atom. The zero-order valence-electron chi connectivity index (χ0n) is 17.5. The van der Waals surface area contributed by atoms with Crippen LogP contribution in [0.1, 0.15) is 5.56 Å². The zero-order valence-corrected chi connectivity index (χ0v) is 17.5. The molecule has 4 aromatic carbocycles. The molecule has 0 aliphatic carbocycles. The highest BCUT2D eigenvalue weighted by atomic mass is 16.5. The first-order valence-electron chi connectivity index (χ1n) is 10.4. The van der Waals surface area contributed by atoms with Crippen LogP contribution in [-0.2, 0) is 11.4 Å². The number of benzene rings is 4. The van der Waals surface area contributed by atoms with E-state index < -0.39 is 0 Å². The molecular weight excluding hydrogens is 400 g/mol. The highest BCUT2D eigenvalue weighted by Crippen LogP contribution is 2.20. The summed E-state index contributed by atoms with van der Waals surface area (Å²) < 4.78 is 11.3. The van der Waals surface area contributed by atoms with Crippen molar-refractivity contribution in [1.82, 2.24) is 0 Å². The fourth-order valence-corrected chi connectivity index (χ4v) is 3.04. The van der Waals surface area contributed by atoms with Crippen molar-refractivity contribution in [2.45, 2.75) is 6.61 Å². The van der Waals surface area contributed by atoms with E-state index in [1.54, 1.807) is 12.1 Å². The van der Waals surface area contributed by atoms with Crippen LogP contribution in [0.25, 0.3) is 0 Å². The molecule has 0 spiro atoms. The molecule has 0 radical (unpaired) electrons. The Morgan fingerprint density at radius 2 is 1.12 bits per heavy atom. The lowest BCUT2D eigenvalue weighted by Gasteiger charge is -2.10. The maximum absolute atomic E-state index is 12.2. The van der Waals surface area contributed by atoms with Crippen LogP contribution >= 0.6 is 0 Å². The van der Waals surface area contributed by atoms with Crippen molar-refractivity contribution in [2.75, 3.05) is 17.2 Å². The molecule has 1 amide bonds. The molecule has 5 nitrogen and oxygen atoms in total. The molecule has 32 heavy (non-hydrogen) atoms. The molecule has 0 saturated heterocycles. The van der Waals surface area contributed by atoms with E-state index in [9.17, 15) is 4.79 Å². The van der Waals surface area contributed by atoms with Gasteiger partial charge in [0.2, 0.25) is 0 Å². The summed E-state index contributed by atoms with van der Waals surface area (Å²) in [6.07, 6.45) is 0. The van der Waals surface area contributed by atoms with Crippen LogP contribution in [0.5, 0.6) is 11.5 Å². The second-order valence-corrected chi connectivity index (χ2v) is 7.15. The number of rotatable bonds is 9. The highest BCUT2D eigenvalue weighted by Gasteiger charge is 2.05. The lowest BCUT2D eigenvalue weighted by molar-refractivity contribution is -0.118. The molecular formula is C27H24N2O3. The molecule has 2 N–H and O–H groups in total. The van der Waals surface area contributed by atoms with Gasteiger partial charge in [-0.15, -0.1) is 0 Å². The molecule has 0 saturated carbocycles. The summed E-state index contributed by atoms with van der Waals surface area (Å²) in [6.45, 7) is 0.428. The smallest absolute Gasteiger partial charge is 0.262 e. The fraction of sp³-hybridized carbons (Fsp3) is 0.0741. The monoisotopic (exact) mass is 424 g/mol. The van der Waals surface area contributed by atoms with Gasteiger partial charge >= 0.3 is 0 Å². The van der Waals surface area contributed by atoms with E-state index in [-0.39, 0.29) is 12.5 Å². The first-order valence-corrected chi connectivity index (χ1v) is 10.4. The predicted molar refractivity (Wildman–Crippen MR) is 128 cm³/mol. The van der Waals surface area contributed by atoms with Crippen LogP contribution in [0.3, 0.4) is 0 Å². The van der Waals surface area contributed by atoms with Gasteiger partial charge in [0, 0.05) is 17.1 Å². The normalized spacial score (nSPS) is 10.2. The summed E-state index contributed by atoms with van der Waals surface area (Å²) in [5.74, 6) is 1.13. The lowest BCUT2D eigenvalue weighted by Crippen LogP contribution is -2.20. The van der Waals surface area contributed by atoms with Gasteiger partial charge in [0.25, 0.3) is 5.91 Å². The van der Waals surface area contributed by atoms with Crippen molar-refractivity contribution in [3.8, 4) is 11.5 Å². The Balaban J connectivity index is 1.21. The average Bonchev–Trinajstić information content (AvgIpc) is 2.85. The van der Waals surface area contributed by atoms with Crippen LogP contribution < -0.4 is 20.1 Å². The minimum atomic E-state index is -0.224. The number of para-hydroxylation sites is 1. The van der Waals surface area contributed by atoms with Gasteiger partial charge in [0.1, 0.15) is 18.1 Å². The summed E-state index contributed by atoms with van der Waals surface area (Å²) in [6, 6.07) is 34.6. The Bertz CT molecular complexity index is 1110. The molecule has 0 atom stereocenters. The first-order chi connectivity index (χ1) is 15.7. The molecule has 0 aliphatic heterocycles. The van der Waals surface area contributed by atoms with Gasteiger partial charge in [-0.3, -0.25) is 4.79 Å². The largest absolute Gasteiger partial charge is 0.489 e. The predicted octanol–water partition coefficient (Wildman–Crippen LogP) is 6.03. The zero-order chi connectivity index (χ0) is 22.0. The van der Waals surface area contributed by atoms with E-state index in [4.69, 9.17) is 9.47 Å². The second kappa shape index (κ2) is 10.7. The van der Waals surface area contributed by atoms with Crippen LogP contribution in [0, 0.1) is 0 Å². The Kier molecular flexibility index (Phi) is 7.01. The Hall–Kier alpha value is -4.25. The van der Waals surface area contributed by atoms with Crippen molar-refractivity contribution in [3.05, 3.63) is 115 Å². The SMILES string of the molecule is O=C(COc1ccc(OCc2ccccc2)cc1)Nc1ccc(Nc2ccccc2)cc1. The molecule has 4 aromatic rings. The van der Waals surface area contributed by atoms with Crippen LogP contribution in [0.4, 0.5) is 17.1 Å². The number of carbonyl (C=O) groups excluding carboxylic acids is 1. The molecule has 4 rings (SSSR count). The van der Waals surface area contributed by atoms with Crippen molar-refractivity contribution >= 4 is 23.0 Å². The van der Waals surface area contributed by atoms with E-state index >= 15 is 0 Å². The van der Waals surface area contributed by atoms with Crippen molar-refractivity contribution in [1.29, 1.82) is 0 Å². The number of hydrogen-bond acceptors (Lipinski definition) is 4. The van der Waals surface area contributed by atoms with Gasteiger partial charge in [-0.05, 0) is 66.2 Å². The minimum Gasteiger partial charge on any atom is -0.489 e. The number of nitrogens with one attached hydrogen (secondary N) is 2. The molecule has 5 heteroatoms. The lowest BCUT2D eigenvalue weighted by atomic mass is 10.2. The Labute approximate surface area is 187 Å². The molecule has 0 aromatic heterocycles. The van der Waals surface area contributed by atoms with Gasteiger partial charge in [0.05, 0.1) is 0 Å². The maximum Gasteiger partial charge on any atom is 0.262 e. The van der Waals surface area contributed by atoms with Crippen LogP contribution in [-0.4, -0.2) is 12.5 Å². The number of anilines is 3. The third-order valence-electron chi connectivity index (χ3n) is 4.67. The molecule has 0 aliphatic rings. The molecule has 0 unspecified atom stereocenters. The summed E-state index contributed by atoms with van der Waals surface area (Å²) in [5.41, 5.74) is 3.77. The number of carbonyl (C=O) groups is 1. The van der Waals surface area contributed by atoms with Gasteiger partial charge in [-0.1, -0.05) is 48.5 Å². The topological polar surface area (TPSA) is 59.6 Å². The summed E-state index contributed by atoms with van der Waals surface area (Å²) >= 11 is 0. The maximum atomic E-state index is 12.2. The number of hydrogen-bond donors (Lipinski definition) is 2. The second-order valence-electron chi connectivity index (χ2n) is 7.15. The molecule has 0 fully saturated rings. The van der Waals surface area contributed by atoms with Crippen molar-refractivity contribution in [3.63, 3.8) is 0 Å². The summed E-state index contributed by atoms with van der Waals surface area (Å²) in [7, 11) is 0. The van der Waals surface area contributed by atoms with E-state index in [1.165, 1.54) is 0 Å². The van der Waals surface area contributed by atoms with Gasteiger partial charge in [-0.2, -0.15) is 0 Å². The highest BCUT2D eigenvalue weighted by molar-refractivity contribution is 5.92. The van der Waals surface area contributed by atoms with E-state index in [0.717, 1.165) is 22.7 Å². The standard InChI is InChI=1S/C27H24N2O3/c30-27(29-24-13-11-23(12-14-24)28-22-9-5-2-6-10-22)20-32-26-17-15-25(16-18-26)31-19-21-7-3-1-4-8-21/h1-18,28H,19-20H2,(H,29,30). The van der Waals surface area contributed by atoms with Gasteiger partial charge < -0.3 is 20.1 Å². The number of ether oxygens (including phenoxy) is 2. The Morgan fingerprint density at radius 1 is 0.594 bits per heavy atom. The summed E-state index contributed by atoms with van der Waals surface area (Å²) in [5, 5.41) is 6.14. The first kappa shape index (κ1) is 21.0. The van der Waals surface area contributed by atoms with Crippen LogP contribution in [0.15, 0.2) is 109 Å². The third-order valence-corrected chi connectivity index (χ3v) is 4.67.